The number of fused-ring (bicyclic) bond motifs is 1. The van der Waals surface area contributed by atoms with Gasteiger partial charge in [0.1, 0.15) is 0 Å². The molecule has 31 heavy (non-hydrogen) atoms. The maximum absolute atomic E-state index is 13.3. The maximum atomic E-state index is 13.3. The Morgan fingerprint density at radius 3 is 2.23 bits per heavy atom. The van der Waals surface area contributed by atoms with Crippen molar-refractivity contribution >= 4 is 37.0 Å². The van der Waals surface area contributed by atoms with Crippen LogP contribution in [0.15, 0.2) is 71.1 Å². The SMILES string of the molecule is Cc1ccc(S(=O)(=O)N2CCN(S(=O)(=O)/C=C/c3ccccc3)CC2)c2cccnc12. The van der Waals surface area contributed by atoms with Crippen molar-refractivity contribution in [1.82, 2.24) is 13.6 Å². The van der Waals surface area contributed by atoms with Gasteiger partial charge >= 0.3 is 0 Å². The molecule has 3 aromatic rings. The van der Waals surface area contributed by atoms with Crippen molar-refractivity contribution in [2.24, 2.45) is 0 Å². The van der Waals surface area contributed by atoms with Crippen LogP contribution in [0.1, 0.15) is 11.1 Å². The highest BCUT2D eigenvalue weighted by atomic mass is 32.2. The first-order valence-corrected chi connectivity index (χ1v) is 12.8. The van der Waals surface area contributed by atoms with E-state index in [4.69, 9.17) is 0 Å². The Morgan fingerprint density at radius 1 is 0.839 bits per heavy atom. The summed E-state index contributed by atoms with van der Waals surface area (Å²) in [7, 11) is -7.41. The predicted octanol–water partition coefficient (Wildman–Crippen LogP) is 2.85. The average Bonchev–Trinajstić information content (AvgIpc) is 2.79. The third-order valence-electron chi connectivity index (χ3n) is 5.34. The van der Waals surface area contributed by atoms with Crippen LogP contribution in [0, 0.1) is 6.92 Å². The number of sulfonamides is 2. The van der Waals surface area contributed by atoms with E-state index < -0.39 is 20.0 Å². The van der Waals surface area contributed by atoms with Crippen LogP contribution in [0.4, 0.5) is 0 Å². The van der Waals surface area contributed by atoms with Gasteiger partial charge in [-0.1, -0.05) is 36.4 Å². The number of hydrogen-bond donors (Lipinski definition) is 0. The number of pyridine rings is 1. The lowest BCUT2D eigenvalue weighted by Gasteiger charge is -2.32. The van der Waals surface area contributed by atoms with Gasteiger partial charge in [-0.3, -0.25) is 4.98 Å². The van der Waals surface area contributed by atoms with Crippen molar-refractivity contribution in [2.45, 2.75) is 11.8 Å². The van der Waals surface area contributed by atoms with Gasteiger partial charge in [0.15, 0.2) is 0 Å². The van der Waals surface area contributed by atoms with Crippen LogP contribution in [0.5, 0.6) is 0 Å². The number of benzene rings is 2. The maximum Gasteiger partial charge on any atom is 0.243 e. The Labute approximate surface area is 182 Å². The third kappa shape index (κ3) is 4.40. The van der Waals surface area contributed by atoms with Crippen LogP contribution >= 0.6 is 0 Å². The van der Waals surface area contributed by atoms with Gasteiger partial charge in [-0.05, 0) is 42.3 Å². The summed E-state index contributed by atoms with van der Waals surface area (Å²) < 4.78 is 54.6. The topological polar surface area (TPSA) is 87.7 Å². The van der Waals surface area contributed by atoms with Gasteiger partial charge in [0, 0.05) is 43.2 Å². The minimum absolute atomic E-state index is 0.0936. The minimum atomic E-state index is -3.78. The largest absolute Gasteiger partial charge is 0.256 e. The highest BCUT2D eigenvalue weighted by molar-refractivity contribution is 7.92. The summed E-state index contributed by atoms with van der Waals surface area (Å²) in [6, 6.07) is 16.0. The van der Waals surface area contributed by atoms with E-state index in [1.165, 1.54) is 14.0 Å². The lowest BCUT2D eigenvalue weighted by molar-refractivity contribution is 0.275. The first-order chi connectivity index (χ1) is 14.8. The summed E-state index contributed by atoms with van der Waals surface area (Å²) >= 11 is 0. The van der Waals surface area contributed by atoms with Crippen molar-refractivity contribution in [1.29, 1.82) is 0 Å². The molecule has 162 valence electrons. The molecule has 0 N–H and O–H groups in total. The summed E-state index contributed by atoms with van der Waals surface area (Å²) in [5.74, 6) is 0. The number of rotatable bonds is 5. The van der Waals surface area contributed by atoms with Crippen molar-refractivity contribution < 1.29 is 16.8 Å². The van der Waals surface area contributed by atoms with Crippen LogP contribution in [0.3, 0.4) is 0 Å². The van der Waals surface area contributed by atoms with E-state index in [-0.39, 0.29) is 31.1 Å². The van der Waals surface area contributed by atoms with Crippen LogP contribution < -0.4 is 0 Å². The zero-order valence-electron chi connectivity index (χ0n) is 17.0. The first kappa shape index (κ1) is 21.6. The van der Waals surface area contributed by atoms with Gasteiger partial charge in [-0.15, -0.1) is 0 Å². The van der Waals surface area contributed by atoms with E-state index in [0.29, 0.717) is 10.9 Å². The van der Waals surface area contributed by atoms with Crippen molar-refractivity contribution in [3.63, 3.8) is 0 Å². The Morgan fingerprint density at radius 2 is 1.52 bits per heavy atom. The molecule has 1 fully saturated rings. The van der Waals surface area contributed by atoms with Crippen LogP contribution in [-0.2, 0) is 20.0 Å². The predicted molar refractivity (Wildman–Crippen MR) is 121 cm³/mol. The fourth-order valence-electron chi connectivity index (χ4n) is 3.63. The van der Waals surface area contributed by atoms with E-state index in [2.05, 4.69) is 4.98 Å². The number of piperazine rings is 1. The molecule has 0 amide bonds. The number of hydrogen-bond acceptors (Lipinski definition) is 5. The van der Waals surface area contributed by atoms with Gasteiger partial charge in [0.05, 0.1) is 10.4 Å². The monoisotopic (exact) mass is 457 g/mol. The Bertz CT molecular complexity index is 1330. The normalized spacial score (nSPS) is 16.8. The fraction of sp³-hybridized carbons (Fsp3) is 0.227. The van der Waals surface area contributed by atoms with Crippen LogP contribution in [0.2, 0.25) is 0 Å². The molecular formula is C22H23N3O4S2. The molecule has 0 bridgehead atoms. The first-order valence-electron chi connectivity index (χ1n) is 9.87. The molecule has 0 unspecified atom stereocenters. The molecule has 0 spiro atoms. The van der Waals surface area contributed by atoms with Gasteiger partial charge in [-0.25, -0.2) is 16.8 Å². The number of nitrogens with zero attached hydrogens (tertiary/aromatic N) is 3. The van der Waals surface area contributed by atoms with Crippen molar-refractivity contribution in [3.05, 3.63) is 77.3 Å². The Balaban J connectivity index is 1.52. The quantitative estimate of drug-likeness (QED) is 0.588. The molecule has 1 saturated heterocycles. The van der Waals surface area contributed by atoms with Gasteiger partial charge in [0.25, 0.3) is 0 Å². The Kier molecular flexibility index (Phi) is 5.94. The zero-order chi connectivity index (χ0) is 22.1. The fourth-order valence-corrected chi connectivity index (χ4v) is 6.41. The molecule has 1 aliphatic rings. The number of aromatic nitrogens is 1. The highest BCUT2D eigenvalue weighted by Gasteiger charge is 2.33. The second-order valence-corrected chi connectivity index (χ2v) is 11.1. The van der Waals surface area contributed by atoms with Crippen molar-refractivity contribution in [2.75, 3.05) is 26.2 Å². The van der Waals surface area contributed by atoms with E-state index in [1.54, 1.807) is 36.5 Å². The summed E-state index contributed by atoms with van der Waals surface area (Å²) in [6.07, 6.45) is 3.18. The molecule has 1 aromatic heterocycles. The van der Waals surface area contributed by atoms with Crippen molar-refractivity contribution in [3.8, 4) is 0 Å². The van der Waals surface area contributed by atoms with Crippen LogP contribution in [-0.4, -0.2) is 56.6 Å². The summed E-state index contributed by atoms with van der Waals surface area (Å²) in [5.41, 5.74) is 2.33. The molecule has 1 aliphatic heterocycles. The molecular weight excluding hydrogens is 434 g/mol. The van der Waals surface area contributed by atoms with E-state index in [9.17, 15) is 16.8 Å². The summed E-state index contributed by atoms with van der Waals surface area (Å²) in [4.78, 5) is 4.51. The summed E-state index contributed by atoms with van der Waals surface area (Å²) in [5, 5.41) is 1.74. The van der Waals surface area contributed by atoms with E-state index >= 15 is 0 Å². The number of aryl methyl sites for hydroxylation is 1. The molecule has 0 radical (unpaired) electrons. The molecule has 0 atom stereocenters. The van der Waals surface area contributed by atoms with Gasteiger partial charge in [0.2, 0.25) is 20.0 Å². The lowest BCUT2D eigenvalue weighted by atomic mass is 10.1. The standard InChI is InChI=1S/C22H23N3O4S2/c1-18-9-10-21(20-8-5-12-23-22(18)20)31(28,29)25-15-13-24(14-16-25)30(26,27)17-11-19-6-3-2-4-7-19/h2-12,17H,13-16H2,1H3/b17-11+. The molecule has 9 heteroatoms. The molecule has 2 heterocycles. The zero-order valence-corrected chi connectivity index (χ0v) is 18.7. The van der Waals surface area contributed by atoms with Gasteiger partial charge < -0.3 is 0 Å². The van der Waals surface area contributed by atoms with Crippen LogP contribution in [0.25, 0.3) is 17.0 Å². The van der Waals surface area contributed by atoms with E-state index in [0.717, 1.165) is 11.1 Å². The summed E-state index contributed by atoms with van der Waals surface area (Å²) in [6.45, 7) is 2.27. The smallest absolute Gasteiger partial charge is 0.243 e. The molecule has 7 nitrogen and oxygen atoms in total. The highest BCUT2D eigenvalue weighted by Crippen LogP contribution is 2.27. The molecule has 0 saturated carbocycles. The molecule has 2 aromatic carbocycles. The second kappa shape index (κ2) is 8.51. The molecule has 0 aliphatic carbocycles. The second-order valence-electron chi connectivity index (χ2n) is 7.34. The molecule has 4 rings (SSSR count). The lowest BCUT2D eigenvalue weighted by Crippen LogP contribution is -2.50. The third-order valence-corrected chi connectivity index (χ3v) is 8.86. The minimum Gasteiger partial charge on any atom is -0.256 e. The van der Waals surface area contributed by atoms with Gasteiger partial charge in [-0.2, -0.15) is 8.61 Å². The average molecular weight is 458 g/mol. The van der Waals surface area contributed by atoms with E-state index in [1.807, 2.05) is 37.3 Å². The Hall–Kier alpha value is -2.59.